The third kappa shape index (κ3) is 3.70. The van der Waals surface area contributed by atoms with Crippen molar-refractivity contribution in [2.45, 2.75) is 0 Å². The van der Waals surface area contributed by atoms with E-state index in [0.29, 0.717) is 20.8 Å². The minimum absolute atomic E-state index is 0.123. The predicted molar refractivity (Wildman–Crippen MR) is 107 cm³/mol. The van der Waals surface area contributed by atoms with Crippen molar-refractivity contribution in [1.82, 2.24) is 9.88 Å². The van der Waals surface area contributed by atoms with Crippen LogP contribution in [0.2, 0.25) is 5.02 Å². The average molecular weight is 396 g/mol. The molecule has 3 rings (SSSR count). The Bertz CT molecular complexity index is 1220. The molecule has 0 saturated heterocycles. The topological polar surface area (TPSA) is 74.9 Å². The van der Waals surface area contributed by atoms with Gasteiger partial charge in [-0.2, -0.15) is 5.26 Å². The van der Waals surface area contributed by atoms with Crippen molar-refractivity contribution in [3.05, 3.63) is 84.7 Å². The summed E-state index contributed by atoms with van der Waals surface area (Å²) in [5, 5.41) is 12.4. The molecule has 3 aromatic rings. The minimum atomic E-state index is -0.548. The molecule has 0 spiro atoms. The number of rotatable bonds is 3. The van der Waals surface area contributed by atoms with Crippen LogP contribution in [-0.2, 0) is 4.79 Å². The fraction of sp³-hybridized carbons (Fsp3) is 0.0500. The molecule has 1 amide bonds. The van der Waals surface area contributed by atoms with Crippen molar-refractivity contribution in [2.24, 2.45) is 0 Å². The van der Waals surface area contributed by atoms with E-state index in [2.05, 4.69) is 5.32 Å². The lowest BCUT2D eigenvalue weighted by atomic mass is 10.2. The van der Waals surface area contributed by atoms with Gasteiger partial charge in [-0.1, -0.05) is 48.0 Å². The molecule has 1 aromatic heterocycles. The monoisotopic (exact) mass is 395 g/mol. The molecule has 0 unspecified atom stereocenters. The van der Waals surface area contributed by atoms with Crippen LogP contribution in [0.1, 0.15) is 5.56 Å². The number of amides is 1. The second kappa shape index (κ2) is 8.04. The van der Waals surface area contributed by atoms with Crippen molar-refractivity contribution >= 4 is 40.5 Å². The van der Waals surface area contributed by atoms with Gasteiger partial charge < -0.3 is 5.32 Å². The lowest BCUT2D eigenvalue weighted by Crippen LogP contribution is -2.33. The number of para-hydroxylation sites is 1. The molecule has 5 nitrogen and oxygen atoms in total. The third-order valence-corrected chi connectivity index (χ3v) is 5.25. The molecule has 0 radical (unpaired) electrons. The molecule has 0 aliphatic rings. The number of hydrogen-bond donors (Lipinski definition) is 1. The third-order valence-electron chi connectivity index (χ3n) is 3.81. The van der Waals surface area contributed by atoms with Crippen molar-refractivity contribution in [3.63, 3.8) is 0 Å². The number of carbonyl (C=O) groups is 1. The first kappa shape index (κ1) is 18.6. The maximum Gasteiger partial charge on any atom is 0.273 e. The van der Waals surface area contributed by atoms with E-state index in [0.717, 1.165) is 11.3 Å². The maximum absolute atomic E-state index is 13.1. The second-order valence-electron chi connectivity index (χ2n) is 5.48. The van der Waals surface area contributed by atoms with Gasteiger partial charge in [0, 0.05) is 12.1 Å². The number of carbonyl (C=O) groups excluding carboxylic acids is 1. The Morgan fingerprint density at radius 2 is 1.85 bits per heavy atom. The lowest BCUT2D eigenvalue weighted by Gasteiger charge is -2.02. The highest BCUT2D eigenvalue weighted by Crippen LogP contribution is 2.15. The Kier molecular flexibility index (Phi) is 5.55. The first-order chi connectivity index (χ1) is 13.1. The number of halogens is 1. The smallest absolute Gasteiger partial charge is 0.273 e. The molecule has 2 aromatic carbocycles. The molecule has 0 atom stereocenters. The van der Waals surface area contributed by atoms with Gasteiger partial charge in [-0.15, -0.1) is 11.3 Å². The summed E-state index contributed by atoms with van der Waals surface area (Å²) in [5.74, 6) is -0.548. The zero-order valence-electron chi connectivity index (χ0n) is 14.3. The summed E-state index contributed by atoms with van der Waals surface area (Å²) in [6.45, 7) is 0. The van der Waals surface area contributed by atoms with Crippen LogP contribution in [0, 0.1) is 11.3 Å². The molecule has 134 valence electrons. The maximum atomic E-state index is 13.1. The fourth-order valence-electron chi connectivity index (χ4n) is 2.52. The largest absolute Gasteiger partial charge is 0.354 e. The molecular formula is C20H14ClN3O2S. The van der Waals surface area contributed by atoms with Crippen molar-refractivity contribution in [3.8, 4) is 11.8 Å². The van der Waals surface area contributed by atoms with E-state index in [1.807, 2.05) is 18.2 Å². The van der Waals surface area contributed by atoms with Crippen LogP contribution in [0.3, 0.4) is 0 Å². The molecule has 0 fully saturated rings. The summed E-state index contributed by atoms with van der Waals surface area (Å²) in [5.41, 5.74) is 0.812. The first-order valence-corrected chi connectivity index (χ1v) is 9.16. The van der Waals surface area contributed by atoms with Crippen LogP contribution in [0.15, 0.2) is 59.4 Å². The first-order valence-electron chi connectivity index (χ1n) is 7.97. The van der Waals surface area contributed by atoms with Crippen LogP contribution in [-0.4, -0.2) is 17.5 Å². The van der Waals surface area contributed by atoms with E-state index < -0.39 is 5.91 Å². The van der Waals surface area contributed by atoms with Crippen LogP contribution in [0.25, 0.3) is 17.3 Å². The van der Waals surface area contributed by atoms with Gasteiger partial charge in [0.15, 0.2) is 5.57 Å². The van der Waals surface area contributed by atoms with Gasteiger partial charge in [-0.3, -0.25) is 14.2 Å². The number of aromatic nitrogens is 1. The van der Waals surface area contributed by atoms with E-state index >= 15 is 0 Å². The Hall–Kier alpha value is -3.14. The lowest BCUT2D eigenvalue weighted by molar-refractivity contribution is -0.115. The van der Waals surface area contributed by atoms with E-state index in [9.17, 15) is 14.9 Å². The highest BCUT2D eigenvalue weighted by molar-refractivity contribution is 7.07. The average Bonchev–Trinajstić information content (AvgIpc) is 3.00. The van der Waals surface area contributed by atoms with Crippen molar-refractivity contribution < 1.29 is 4.79 Å². The SMILES string of the molecule is CNC(=O)/C(C#N)=c1\s/c(=C/c2ccccc2Cl)c(=O)n1-c1ccccc1. The van der Waals surface area contributed by atoms with Gasteiger partial charge in [-0.05, 0) is 29.8 Å². The molecule has 7 heteroatoms. The van der Waals surface area contributed by atoms with Crippen LogP contribution in [0.4, 0.5) is 0 Å². The minimum Gasteiger partial charge on any atom is -0.354 e. The number of nitriles is 1. The van der Waals surface area contributed by atoms with Gasteiger partial charge in [0.25, 0.3) is 11.5 Å². The highest BCUT2D eigenvalue weighted by Gasteiger charge is 2.15. The standard InChI is InChI=1S/C20H14ClN3O2S/c1-23-18(25)15(12-22)20-24(14-8-3-2-4-9-14)19(26)17(27-20)11-13-7-5-6-10-16(13)21/h2-11H,1H3,(H,23,25)/b17-11+,20-15-. The Morgan fingerprint density at radius 3 is 2.48 bits per heavy atom. The predicted octanol–water partition coefficient (Wildman–Crippen LogP) is 1.80. The van der Waals surface area contributed by atoms with Gasteiger partial charge in [0.2, 0.25) is 0 Å². The Labute approximate surface area is 164 Å². The Balaban J connectivity index is 2.44. The van der Waals surface area contributed by atoms with E-state index in [1.54, 1.807) is 48.5 Å². The summed E-state index contributed by atoms with van der Waals surface area (Å²) in [4.78, 5) is 25.2. The highest BCUT2D eigenvalue weighted by atomic mass is 35.5. The van der Waals surface area contributed by atoms with Crippen molar-refractivity contribution in [1.29, 1.82) is 5.26 Å². The summed E-state index contributed by atoms with van der Waals surface area (Å²) < 4.78 is 2.02. The zero-order valence-corrected chi connectivity index (χ0v) is 15.8. The fourth-order valence-corrected chi connectivity index (χ4v) is 3.80. The summed E-state index contributed by atoms with van der Waals surface area (Å²) in [6, 6.07) is 17.9. The van der Waals surface area contributed by atoms with Gasteiger partial charge in [0.05, 0.1) is 10.2 Å². The van der Waals surface area contributed by atoms with E-state index in [4.69, 9.17) is 11.6 Å². The number of hydrogen-bond acceptors (Lipinski definition) is 4. The molecule has 0 saturated carbocycles. The van der Waals surface area contributed by atoms with Gasteiger partial charge in [-0.25, -0.2) is 0 Å². The second-order valence-corrected chi connectivity index (χ2v) is 6.92. The van der Waals surface area contributed by atoms with Gasteiger partial charge in [0.1, 0.15) is 10.7 Å². The van der Waals surface area contributed by atoms with Crippen LogP contribution in [0.5, 0.6) is 0 Å². The van der Waals surface area contributed by atoms with E-state index in [-0.39, 0.29) is 15.8 Å². The quantitative estimate of drug-likeness (QED) is 0.734. The number of nitrogens with one attached hydrogen (secondary N) is 1. The molecular weight excluding hydrogens is 382 g/mol. The molecule has 0 bridgehead atoms. The molecule has 27 heavy (non-hydrogen) atoms. The number of thiazole rings is 1. The van der Waals surface area contributed by atoms with Crippen molar-refractivity contribution in [2.75, 3.05) is 7.05 Å². The summed E-state index contributed by atoms with van der Waals surface area (Å²) in [7, 11) is 1.44. The molecule has 0 aliphatic carbocycles. The zero-order chi connectivity index (χ0) is 19.4. The van der Waals surface area contributed by atoms with E-state index in [1.165, 1.54) is 11.6 Å². The van der Waals surface area contributed by atoms with Crippen LogP contribution < -0.4 is 20.1 Å². The van der Waals surface area contributed by atoms with Gasteiger partial charge >= 0.3 is 0 Å². The molecule has 1 heterocycles. The summed E-state index contributed by atoms with van der Waals surface area (Å²) >= 11 is 7.27. The Morgan fingerprint density at radius 1 is 1.19 bits per heavy atom. The molecule has 1 N–H and O–H groups in total. The number of benzene rings is 2. The van der Waals surface area contributed by atoms with Crippen LogP contribution >= 0.6 is 22.9 Å². The summed E-state index contributed by atoms with van der Waals surface area (Å²) in [6.07, 6.45) is 1.66. The number of nitrogens with zero attached hydrogens (tertiary/aromatic N) is 2. The molecule has 0 aliphatic heterocycles. The normalized spacial score (nSPS) is 12.4.